The molecule has 0 saturated heterocycles. The van der Waals surface area contributed by atoms with Gasteiger partial charge in [0.25, 0.3) is 5.91 Å². The number of oxazole rings is 1. The number of methoxy groups -OCH3 is 2. The third kappa shape index (κ3) is 5.93. The Labute approximate surface area is 229 Å². The van der Waals surface area contributed by atoms with E-state index in [9.17, 15) is 14.4 Å². The lowest BCUT2D eigenvalue weighted by molar-refractivity contribution is -0.136. The molecule has 39 heavy (non-hydrogen) atoms. The second kappa shape index (κ2) is 11.4. The molecule has 3 amide bonds. The van der Waals surface area contributed by atoms with Gasteiger partial charge in [-0.1, -0.05) is 12.1 Å². The first kappa shape index (κ1) is 27.4. The highest BCUT2D eigenvalue weighted by Gasteiger charge is 2.35. The number of anilines is 2. The molecular weight excluding hydrogens is 520 g/mol. The summed E-state index contributed by atoms with van der Waals surface area (Å²) in [4.78, 5) is 43.0. The molecule has 2 aromatic heterocycles. The van der Waals surface area contributed by atoms with E-state index in [1.807, 2.05) is 26.0 Å². The van der Waals surface area contributed by atoms with Crippen molar-refractivity contribution in [1.29, 1.82) is 0 Å². The minimum absolute atomic E-state index is 0.276. The molecule has 2 heterocycles. The Morgan fingerprint density at radius 2 is 1.77 bits per heavy atom. The normalized spacial score (nSPS) is 11.1. The van der Waals surface area contributed by atoms with Crippen LogP contribution >= 0.6 is 11.3 Å². The highest BCUT2D eigenvalue weighted by molar-refractivity contribution is 7.08. The first-order valence-electron chi connectivity index (χ1n) is 11.9. The molecule has 11 heteroatoms. The number of nitrogens with zero attached hydrogens (tertiary/aromatic N) is 2. The number of amides is 3. The van der Waals surface area contributed by atoms with Gasteiger partial charge in [-0.15, -0.1) is 11.3 Å². The Morgan fingerprint density at radius 3 is 2.38 bits per heavy atom. The van der Waals surface area contributed by atoms with Crippen LogP contribution in [0.15, 0.2) is 70.2 Å². The van der Waals surface area contributed by atoms with Crippen molar-refractivity contribution in [3.8, 4) is 22.8 Å². The summed E-state index contributed by atoms with van der Waals surface area (Å²) in [5, 5.41) is 6.34. The van der Waals surface area contributed by atoms with Gasteiger partial charge >= 0.3 is 11.8 Å². The van der Waals surface area contributed by atoms with Crippen LogP contribution in [-0.2, 0) is 16.0 Å². The second-order valence-corrected chi connectivity index (χ2v) is 9.99. The fourth-order valence-electron chi connectivity index (χ4n) is 4.32. The van der Waals surface area contributed by atoms with Gasteiger partial charge in [0.05, 0.1) is 31.5 Å². The molecule has 0 aliphatic rings. The van der Waals surface area contributed by atoms with Crippen molar-refractivity contribution in [1.82, 2.24) is 4.98 Å². The van der Waals surface area contributed by atoms with E-state index < -0.39 is 17.4 Å². The number of benzene rings is 2. The Bertz CT molecular complexity index is 1480. The highest BCUT2D eigenvalue weighted by Crippen LogP contribution is 2.36. The van der Waals surface area contributed by atoms with Crippen molar-refractivity contribution < 1.29 is 28.3 Å². The average Bonchev–Trinajstić information content (AvgIpc) is 3.62. The molecule has 0 fully saturated rings. The van der Waals surface area contributed by atoms with Crippen LogP contribution in [0.2, 0.25) is 0 Å². The fourth-order valence-corrected chi connectivity index (χ4v) is 5.09. The Balaban J connectivity index is 1.58. The minimum atomic E-state index is -1.08. The summed E-state index contributed by atoms with van der Waals surface area (Å²) in [5.74, 6) is -0.770. The van der Waals surface area contributed by atoms with Gasteiger partial charge in [0.1, 0.15) is 11.5 Å². The van der Waals surface area contributed by atoms with Crippen molar-refractivity contribution >= 4 is 40.4 Å². The Hall–Kier alpha value is -4.64. The lowest BCUT2D eigenvalue weighted by Crippen LogP contribution is -2.53. The molecule has 202 valence electrons. The van der Waals surface area contributed by atoms with Gasteiger partial charge in [-0.3, -0.25) is 19.3 Å². The van der Waals surface area contributed by atoms with Crippen molar-refractivity contribution in [2.24, 2.45) is 5.73 Å². The zero-order valence-electron chi connectivity index (χ0n) is 21.9. The molecule has 0 aliphatic carbocycles. The molecule has 0 atom stereocenters. The van der Waals surface area contributed by atoms with Gasteiger partial charge in [-0.05, 0) is 50.1 Å². The molecule has 0 aliphatic heterocycles. The smallest absolute Gasteiger partial charge is 0.316 e. The van der Waals surface area contributed by atoms with Crippen molar-refractivity contribution in [2.45, 2.75) is 25.8 Å². The van der Waals surface area contributed by atoms with Gasteiger partial charge in [-0.25, -0.2) is 4.98 Å². The SMILES string of the molecule is COc1cscc1C(=O)Nc1ccc(CC(C)(C)N(C(=O)C(N)=O)c2ccc(-c3cnco3)c(OC)c2)cc1. The second-order valence-electron chi connectivity index (χ2n) is 9.25. The number of carbonyl (C=O) groups is 3. The lowest BCUT2D eigenvalue weighted by atomic mass is 9.91. The summed E-state index contributed by atoms with van der Waals surface area (Å²) >= 11 is 1.38. The van der Waals surface area contributed by atoms with Crippen LogP contribution in [0.5, 0.6) is 11.5 Å². The molecule has 0 radical (unpaired) electrons. The van der Waals surface area contributed by atoms with E-state index in [4.69, 9.17) is 19.6 Å². The predicted octanol–water partition coefficient (Wildman–Crippen LogP) is 4.51. The van der Waals surface area contributed by atoms with Gasteiger partial charge in [0, 0.05) is 33.7 Å². The van der Waals surface area contributed by atoms with Crippen molar-refractivity contribution in [2.75, 3.05) is 24.4 Å². The number of hydrogen-bond donors (Lipinski definition) is 2. The van der Waals surface area contributed by atoms with Gasteiger partial charge in [0.2, 0.25) is 0 Å². The van der Waals surface area contributed by atoms with Gasteiger partial charge < -0.3 is 24.9 Å². The topological polar surface area (TPSA) is 137 Å². The lowest BCUT2D eigenvalue weighted by Gasteiger charge is -2.38. The minimum Gasteiger partial charge on any atom is -0.496 e. The number of hydrogen-bond acceptors (Lipinski definition) is 8. The molecule has 10 nitrogen and oxygen atoms in total. The maximum atomic E-state index is 13.1. The maximum Gasteiger partial charge on any atom is 0.316 e. The predicted molar refractivity (Wildman–Crippen MR) is 148 cm³/mol. The summed E-state index contributed by atoms with van der Waals surface area (Å²) in [7, 11) is 3.02. The van der Waals surface area contributed by atoms with E-state index in [0.717, 1.165) is 5.56 Å². The number of aromatic nitrogens is 1. The van der Waals surface area contributed by atoms with Crippen LogP contribution in [0.4, 0.5) is 11.4 Å². The van der Waals surface area contributed by atoms with Crippen LogP contribution in [0.25, 0.3) is 11.3 Å². The standard InChI is InChI=1S/C28H28N4O6S/c1-28(2,12-17-5-7-18(8-6-17)31-26(34)21-14-39-15-24(21)37-4)32(27(35)25(29)33)19-9-10-20(22(11-19)36-3)23-13-30-16-38-23/h5-11,13-16H,12H2,1-4H3,(H2,29,33)(H,31,34). The van der Waals surface area contributed by atoms with Crippen LogP contribution in [0.3, 0.4) is 0 Å². The van der Waals surface area contributed by atoms with E-state index in [0.29, 0.717) is 46.2 Å². The average molecular weight is 549 g/mol. The zero-order valence-corrected chi connectivity index (χ0v) is 22.7. The zero-order chi connectivity index (χ0) is 28.2. The summed E-state index contributed by atoms with van der Waals surface area (Å²) in [6.07, 6.45) is 3.24. The molecular formula is C28H28N4O6S. The van der Waals surface area contributed by atoms with Crippen LogP contribution in [-0.4, -0.2) is 42.5 Å². The summed E-state index contributed by atoms with van der Waals surface area (Å²) in [6.45, 7) is 3.67. The van der Waals surface area contributed by atoms with Crippen LogP contribution in [0, 0.1) is 0 Å². The van der Waals surface area contributed by atoms with Crippen molar-refractivity contribution in [3.63, 3.8) is 0 Å². The third-order valence-electron chi connectivity index (χ3n) is 6.10. The first-order chi connectivity index (χ1) is 18.6. The summed E-state index contributed by atoms with van der Waals surface area (Å²) < 4.78 is 16.1. The number of rotatable bonds is 9. The van der Waals surface area contributed by atoms with E-state index in [2.05, 4.69) is 10.3 Å². The third-order valence-corrected chi connectivity index (χ3v) is 6.82. The number of carbonyl (C=O) groups excluding carboxylic acids is 3. The fraction of sp³-hybridized carbons (Fsp3) is 0.214. The van der Waals surface area contributed by atoms with Crippen LogP contribution in [0.1, 0.15) is 29.8 Å². The maximum absolute atomic E-state index is 13.1. The number of primary amides is 1. The Morgan fingerprint density at radius 1 is 1.05 bits per heavy atom. The molecule has 0 spiro atoms. The number of thiophene rings is 1. The van der Waals surface area contributed by atoms with E-state index in [1.54, 1.807) is 47.3 Å². The van der Waals surface area contributed by atoms with E-state index in [-0.39, 0.29) is 5.91 Å². The number of nitrogens with two attached hydrogens (primary N) is 1. The van der Waals surface area contributed by atoms with Gasteiger partial charge in [0.15, 0.2) is 12.2 Å². The molecule has 0 unspecified atom stereocenters. The van der Waals surface area contributed by atoms with E-state index in [1.165, 1.54) is 36.8 Å². The first-order valence-corrected chi connectivity index (χ1v) is 12.8. The van der Waals surface area contributed by atoms with Crippen molar-refractivity contribution in [3.05, 3.63) is 76.9 Å². The summed E-state index contributed by atoms with van der Waals surface area (Å²) in [6, 6.07) is 12.3. The molecule has 0 saturated carbocycles. The van der Waals surface area contributed by atoms with E-state index >= 15 is 0 Å². The quantitative estimate of drug-likeness (QED) is 0.294. The molecule has 3 N–H and O–H groups in total. The molecule has 4 rings (SSSR count). The number of nitrogens with one attached hydrogen (secondary N) is 1. The van der Waals surface area contributed by atoms with Gasteiger partial charge in [-0.2, -0.15) is 0 Å². The molecule has 2 aromatic carbocycles. The largest absolute Gasteiger partial charge is 0.496 e. The van der Waals surface area contributed by atoms with Crippen LogP contribution < -0.4 is 25.4 Å². The monoisotopic (exact) mass is 548 g/mol. The Kier molecular flexibility index (Phi) is 8.01. The molecule has 4 aromatic rings. The highest BCUT2D eigenvalue weighted by atomic mass is 32.1. The molecule has 0 bridgehead atoms. The number of ether oxygens (including phenoxy) is 2. The summed E-state index contributed by atoms with van der Waals surface area (Å²) in [5.41, 5.74) is 7.56.